The average molecular weight is 444 g/mol. The zero-order valence-electron chi connectivity index (χ0n) is 19.3. The molecule has 1 aliphatic heterocycles. The summed E-state index contributed by atoms with van der Waals surface area (Å²) in [6.45, 7) is 3.02. The third kappa shape index (κ3) is 4.07. The molecule has 0 amide bonds. The number of benzene rings is 2. The predicted molar refractivity (Wildman–Crippen MR) is 133 cm³/mol. The van der Waals surface area contributed by atoms with Crippen molar-refractivity contribution >= 4 is 21.9 Å². The quantitative estimate of drug-likeness (QED) is 0.388. The molecule has 2 fully saturated rings. The van der Waals surface area contributed by atoms with E-state index in [0.29, 0.717) is 0 Å². The molecule has 2 aromatic carbocycles. The summed E-state index contributed by atoms with van der Waals surface area (Å²) in [5, 5.41) is 19.0. The van der Waals surface area contributed by atoms with Gasteiger partial charge in [-0.2, -0.15) is 0 Å². The van der Waals surface area contributed by atoms with Crippen LogP contribution in [0.5, 0.6) is 0 Å². The molecular weight excluding hydrogens is 410 g/mol. The normalized spacial score (nSPS) is 20.4. The molecule has 0 bridgehead atoms. The molecule has 4 aromatic rings. The van der Waals surface area contributed by atoms with Crippen molar-refractivity contribution in [1.29, 1.82) is 0 Å². The molecule has 172 valence electrons. The number of aromatic nitrogens is 3. The SMILES string of the molecule is Cn1c(-c2cc3ccccc3n2CC2CC2)nc2cc(C(O)NC3CCCCNC3)ccc21. The van der Waals surface area contributed by atoms with E-state index in [9.17, 15) is 5.11 Å². The number of aliphatic hydroxyl groups excluding tert-OH is 1. The molecule has 0 radical (unpaired) electrons. The molecule has 33 heavy (non-hydrogen) atoms. The van der Waals surface area contributed by atoms with Crippen molar-refractivity contribution in [2.45, 2.75) is 50.9 Å². The van der Waals surface area contributed by atoms with Crippen LogP contribution in [-0.2, 0) is 13.6 Å². The highest BCUT2D eigenvalue weighted by Gasteiger charge is 2.25. The lowest BCUT2D eigenvalue weighted by atomic mass is 10.1. The number of hydrogen-bond donors (Lipinski definition) is 3. The van der Waals surface area contributed by atoms with Gasteiger partial charge in [0.2, 0.25) is 0 Å². The van der Waals surface area contributed by atoms with Crippen molar-refractivity contribution in [3.63, 3.8) is 0 Å². The minimum absolute atomic E-state index is 0.288. The Labute approximate surface area is 194 Å². The first-order chi connectivity index (χ1) is 16.2. The van der Waals surface area contributed by atoms with Gasteiger partial charge in [0.05, 0.1) is 16.7 Å². The molecular formula is C27H33N5O. The summed E-state index contributed by atoms with van der Waals surface area (Å²) in [6.07, 6.45) is 5.43. The molecule has 1 aliphatic carbocycles. The maximum atomic E-state index is 10.9. The van der Waals surface area contributed by atoms with E-state index in [1.54, 1.807) is 0 Å². The van der Waals surface area contributed by atoms with Gasteiger partial charge < -0.3 is 19.6 Å². The van der Waals surface area contributed by atoms with Gasteiger partial charge in [0.1, 0.15) is 6.23 Å². The fourth-order valence-electron chi connectivity index (χ4n) is 5.25. The first-order valence-corrected chi connectivity index (χ1v) is 12.4. The molecule has 6 nitrogen and oxygen atoms in total. The van der Waals surface area contributed by atoms with E-state index >= 15 is 0 Å². The third-order valence-corrected chi connectivity index (χ3v) is 7.34. The van der Waals surface area contributed by atoms with Crippen LogP contribution in [0.4, 0.5) is 0 Å². The molecule has 3 N–H and O–H groups in total. The summed E-state index contributed by atoms with van der Waals surface area (Å²) in [4.78, 5) is 5.06. The van der Waals surface area contributed by atoms with Gasteiger partial charge in [-0.15, -0.1) is 0 Å². The molecule has 1 saturated heterocycles. The van der Waals surface area contributed by atoms with Gasteiger partial charge in [0.15, 0.2) is 5.82 Å². The number of aliphatic hydroxyl groups is 1. The number of nitrogens with zero attached hydrogens (tertiary/aromatic N) is 3. The summed E-state index contributed by atoms with van der Waals surface area (Å²) in [6, 6.07) is 17.3. The van der Waals surface area contributed by atoms with Gasteiger partial charge in [-0.05, 0) is 68.0 Å². The van der Waals surface area contributed by atoms with Gasteiger partial charge in [-0.1, -0.05) is 30.7 Å². The van der Waals surface area contributed by atoms with E-state index in [1.807, 2.05) is 12.1 Å². The number of nitrogens with one attached hydrogen (secondary N) is 2. The number of aryl methyl sites for hydroxylation is 1. The number of rotatable bonds is 6. The lowest BCUT2D eigenvalue weighted by molar-refractivity contribution is 0.121. The second-order valence-corrected chi connectivity index (χ2v) is 9.85. The van der Waals surface area contributed by atoms with E-state index in [1.165, 1.54) is 42.3 Å². The standard InChI is InChI=1S/C27H33N5O/c1-31-24-12-11-20(27(33)29-21-7-4-5-13-28-16-21)14-22(24)30-26(31)25-15-19-6-2-3-8-23(19)32(25)17-18-9-10-18/h2-3,6,8,11-12,14-15,18,21,27-29,33H,4-5,7,9-10,13,16-17H2,1H3. The number of para-hydroxylation sites is 1. The van der Waals surface area contributed by atoms with Crippen molar-refractivity contribution < 1.29 is 5.11 Å². The van der Waals surface area contributed by atoms with E-state index in [4.69, 9.17) is 4.98 Å². The molecule has 2 aliphatic rings. The molecule has 6 rings (SSSR count). The molecule has 2 atom stereocenters. The van der Waals surface area contributed by atoms with Crippen LogP contribution in [0, 0.1) is 5.92 Å². The van der Waals surface area contributed by atoms with Crippen LogP contribution < -0.4 is 10.6 Å². The molecule has 2 aromatic heterocycles. The van der Waals surface area contributed by atoms with Crippen molar-refractivity contribution in [2.75, 3.05) is 13.1 Å². The van der Waals surface area contributed by atoms with Crippen LogP contribution in [0.15, 0.2) is 48.5 Å². The van der Waals surface area contributed by atoms with Crippen molar-refractivity contribution in [2.24, 2.45) is 13.0 Å². The highest BCUT2D eigenvalue weighted by Crippen LogP contribution is 2.36. The molecule has 2 unspecified atom stereocenters. The van der Waals surface area contributed by atoms with Gasteiger partial charge in [0.25, 0.3) is 0 Å². The lowest BCUT2D eigenvalue weighted by Gasteiger charge is -2.21. The summed E-state index contributed by atoms with van der Waals surface area (Å²) in [5.74, 6) is 1.76. The zero-order chi connectivity index (χ0) is 22.4. The van der Waals surface area contributed by atoms with E-state index in [0.717, 1.165) is 54.4 Å². The monoisotopic (exact) mass is 443 g/mol. The van der Waals surface area contributed by atoms with Crippen molar-refractivity contribution in [3.05, 3.63) is 54.1 Å². The van der Waals surface area contributed by atoms with Gasteiger partial charge in [-0.3, -0.25) is 5.32 Å². The minimum atomic E-state index is -0.689. The fraction of sp³-hybridized carbons (Fsp3) is 0.444. The average Bonchev–Trinajstić information content (AvgIpc) is 3.56. The second kappa shape index (κ2) is 8.60. The van der Waals surface area contributed by atoms with Crippen LogP contribution in [0.3, 0.4) is 0 Å². The molecule has 3 heterocycles. The Morgan fingerprint density at radius 1 is 1.09 bits per heavy atom. The Kier molecular flexibility index (Phi) is 5.45. The molecule has 0 spiro atoms. The first kappa shape index (κ1) is 20.9. The summed E-state index contributed by atoms with van der Waals surface area (Å²) < 4.78 is 4.64. The Morgan fingerprint density at radius 2 is 1.97 bits per heavy atom. The van der Waals surface area contributed by atoms with Crippen LogP contribution in [0.2, 0.25) is 0 Å². The highest BCUT2D eigenvalue weighted by atomic mass is 16.3. The van der Waals surface area contributed by atoms with Crippen LogP contribution in [0.25, 0.3) is 33.5 Å². The second-order valence-electron chi connectivity index (χ2n) is 9.85. The largest absolute Gasteiger partial charge is 0.374 e. The Bertz CT molecular complexity index is 1280. The zero-order valence-corrected chi connectivity index (χ0v) is 19.3. The Balaban J connectivity index is 1.35. The maximum absolute atomic E-state index is 10.9. The summed E-state index contributed by atoms with van der Waals surface area (Å²) in [5.41, 5.74) is 5.33. The number of hydrogen-bond acceptors (Lipinski definition) is 4. The van der Waals surface area contributed by atoms with Crippen LogP contribution in [-0.4, -0.2) is 38.4 Å². The summed E-state index contributed by atoms with van der Waals surface area (Å²) >= 11 is 0. The Hall–Kier alpha value is -2.67. The van der Waals surface area contributed by atoms with Gasteiger partial charge in [-0.25, -0.2) is 4.98 Å². The fourth-order valence-corrected chi connectivity index (χ4v) is 5.25. The predicted octanol–water partition coefficient (Wildman–Crippen LogP) is 4.33. The Morgan fingerprint density at radius 3 is 2.85 bits per heavy atom. The van der Waals surface area contributed by atoms with Crippen molar-refractivity contribution in [3.8, 4) is 11.5 Å². The first-order valence-electron chi connectivity index (χ1n) is 12.4. The third-order valence-electron chi connectivity index (χ3n) is 7.34. The highest BCUT2D eigenvalue weighted by molar-refractivity contribution is 5.88. The smallest absolute Gasteiger partial charge is 0.157 e. The van der Waals surface area contributed by atoms with Crippen LogP contribution in [0.1, 0.15) is 43.9 Å². The topological polar surface area (TPSA) is 67.0 Å². The van der Waals surface area contributed by atoms with E-state index < -0.39 is 6.23 Å². The minimum Gasteiger partial charge on any atom is -0.374 e. The van der Waals surface area contributed by atoms with Crippen LogP contribution >= 0.6 is 0 Å². The number of fused-ring (bicyclic) bond motifs is 2. The molecule has 6 heteroatoms. The van der Waals surface area contributed by atoms with E-state index in [2.05, 4.69) is 63.2 Å². The van der Waals surface area contributed by atoms with Gasteiger partial charge in [0, 0.05) is 37.1 Å². The summed E-state index contributed by atoms with van der Waals surface area (Å²) in [7, 11) is 2.09. The number of imidazole rings is 1. The lowest BCUT2D eigenvalue weighted by Crippen LogP contribution is -2.39. The maximum Gasteiger partial charge on any atom is 0.157 e. The van der Waals surface area contributed by atoms with Crippen molar-refractivity contribution in [1.82, 2.24) is 24.8 Å². The van der Waals surface area contributed by atoms with Gasteiger partial charge >= 0.3 is 0 Å². The molecule has 1 saturated carbocycles. The van der Waals surface area contributed by atoms with E-state index in [-0.39, 0.29) is 6.04 Å².